The smallest absolute Gasteiger partial charge is 0.261 e. The van der Waals surface area contributed by atoms with Crippen LogP contribution >= 0.6 is 11.3 Å². The van der Waals surface area contributed by atoms with Gasteiger partial charge in [-0.15, -0.1) is 11.3 Å². The van der Waals surface area contributed by atoms with Crippen LogP contribution in [0.2, 0.25) is 0 Å². The number of amides is 1. The van der Waals surface area contributed by atoms with Gasteiger partial charge in [0.05, 0.1) is 17.7 Å². The fourth-order valence-electron chi connectivity index (χ4n) is 2.88. The SMILES string of the molecule is COc1ccc(-n2c(N(C)C)nc3cc(C(=O)NCC4CC4)sc32)cc1. The molecule has 0 spiro atoms. The van der Waals surface area contributed by atoms with E-state index in [4.69, 9.17) is 9.72 Å². The Morgan fingerprint density at radius 3 is 2.69 bits per heavy atom. The number of carbonyl (C=O) groups is 1. The van der Waals surface area contributed by atoms with Crippen molar-refractivity contribution in [3.63, 3.8) is 0 Å². The summed E-state index contributed by atoms with van der Waals surface area (Å²) in [5.41, 5.74) is 1.83. The highest BCUT2D eigenvalue weighted by atomic mass is 32.1. The normalized spacial score (nSPS) is 13.8. The van der Waals surface area contributed by atoms with E-state index in [0.717, 1.165) is 34.3 Å². The summed E-state index contributed by atoms with van der Waals surface area (Å²) in [5, 5.41) is 3.03. The second kappa shape index (κ2) is 6.64. The molecule has 0 aliphatic heterocycles. The third-order valence-corrected chi connectivity index (χ3v) is 5.63. The number of hydrogen-bond acceptors (Lipinski definition) is 5. The summed E-state index contributed by atoms with van der Waals surface area (Å²) in [6, 6.07) is 9.74. The molecule has 4 rings (SSSR count). The maximum atomic E-state index is 12.4. The monoisotopic (exact) mass is 370 g/mol. The predicted molar refractivity (Wildman–Crippen MR) is 105 cm³/mol. The van der Waals surface area contributed by atoms with Crippen molar-refractivity contribution in [3.05, 3.63) is 35.2 Å². The lowest BCUT2D eigenvalue weighted by Crippen LogP contribution is -2.24. The quantitative estimate of drug-likeness (QED) is 0.723. The Morgan fingerprint density at radius 1 is 1.35 bits per heavy atom. The van der Waals surface area contributed by atoms with Gasteiger partial charge in [0.15, 0.2) is 0 Å². The minimum absolute atomic E-state index is 0.00687. The van der Waals surface area contributed by atoms with Crippen LogP contribution in [-0.2, 0) is 0 Å². The summed E-state index contributed by atoms with van der Waals surface area (Å²) in [5.74, 6) is 2.30. The molecule has 1 aliphatic rings. The van der Waals surface area contributed by atoms with E-state index in [1.807, 2.05) is 49.3 Å². The third kappa shape index (κ3) is 3.14. The van der Waals surface area contributed by atoms with E-state index < -0.39 is 0 Å². The Balaban J connectivity index is 1.72. The lowest BCUT2D eigenvalue weighted by molar-refractivity contribution is 0.0956. The molecule has 6 nitrogen and oxygen atoms in total. The van der Waals surface area contributed by atoms with E-state index >= 15 is 0 Å². The summed E-state index contributed by atoms with van der Waals surface area (Å²) in [6.45, 7) is 0.774. The van der Waals surface area contributed by atoms with Gasteiger partial charge >= 0.3 is 0 Å². The van der Waals surface area contributed by atoms with E-state index in [1.54, 1.807) is 7.11 Å². The highest BCUT2D eigenvalue weighted by Gasteiger charge is 2.23. The van der Waals surface area contributed by atoms with Crippen LogP contribution < -0.4 is 15.0 Å². The molecule has 1 aromatic carbocycles. The van der Waals surface area contributed by atoms with Crippen molar-refractivity contribution >= 4 is 33.5 Å². The predicted octanol–water partition coefficient (Wildman–Crippen LogP) is 3.30. The van der Waals surface area contributed by atoms with Gasteiger partial charge < -0.3 is 15.0 Å². The zero-order valence-corrected chi connectivity index (χ0v) is 16.0. The van der Waals surface area contributed by atoms with E-state index in [9.17, 15) is 4.79 Å². The first-order valence-corrected chi connectivity index (χ1v) is 9.50. The number of aromatic nitrogens is 2. The van der Waals surface area contributed by atoms with Crippen molar-refractivity contribution in [2.24, 2.45) is 5.92 Å². The number of imidazole rings is 1. The molecule has 2 heterocycles. The Hall–Kier alpha value is -2.54. The molecule has 3 aromatic rings. The van der Waals surface area contributed by atoms with Crippen LogP contribution in [0.15, 0.2) is 30.3 Å². The Morgan fingerprint density at radius 2 is 2.08 bits per heavy atom. The number of anilines is 1. The maximum Gasteiger partial charge on any atom is 0.261 e. The summed E-state index contributed by atoms with van der Waals surface area (Å²) in [6.07, 6.45) is 2.45. The molecule has 26 heavy (non-hydrogen) atoms. The number of thiophene rings is 1. The number of rotatable bonds is 6. The summed E-state index contributed by atoms with van der Waals surface area (Å²) in [4.78, 5) is 20.8. The fraction of sp³-hybridized carbons (Fsp3) is 0.368. The zero-order valence-electron chi connectivity index (χ0n) is 15.2. The maximum absolute atomic E-state index is 12.4. The number of nitrogens with zero attached hydrogens (tertiary/aromatic N) is 3. The van der Waals surface area contributed by atoms with Gasteiger partial charge in [-0.3, -0.25) is 9.36 Å². The molecule has 0 atom stereocenters. The first kappa shape index (κ1) is 16.9. The largest absolute Gasteiger partial charge is 0.497 e. The number of hydrogen-bond donors (Lipinski definition) is 1. The zero-order chi connectivity index (χ0) is 18.3. The molecule has 0 bridgehead atoms. The average molecular weight is 370 g/mol. The second-order valence-corrected chi connectivity index (χ2v) is 7.82. The Kier molecular flexibility index (Phi) is 4.32. The van der Waals surface area contributed by atoms with Crippen LogP contribution in [-0.4, -0.2) is 43.2 Å². The lowest BCUT2D eigenvalue weighted by atomic mass is 10.3. The molecule has 7 heteroatoms. The average Bonchev–Trinajstić information content (AvgIpc) is 3.27. The minimum Gasteiger partial charge on any atom is -0.497 e. The second-order valence-electron chi connectivity index (χ2n) is 6.79. The van der Waals surface area contributed by atoms with Gasteiger partial charge in [0.25, 0.3) is 5.91 Å². The summed E-state index contributed by atoms with van der Waals surface area (Å²) >= 11 is 1.48. The highest BCUT2D eigenvalue weighted by Crippen LogP contribution is 2.33. The van der Waals surface area contributed by atoms with Crippen molar-refractivity contribution in [3.8, 4) is 11.4 Å². The molecule has 1 N–H and O–H groups in total. The van der Waals surface area contributed by atoms with Gasteiger partial charge in [0, 0.05) is 20.6 Å². The van der Waals surface area contributed by atoms with E-state index in [0.29, 0.717) is 10.8 Å². The van der Waals surface area contributed by atoms with Crippen LogP contribution in [0.25, 0.3) is 16.0 Å². The molecule has 1 fully saturated rings. The van der Waals surface area contributed by atoms with Gasteiger partial charge in [-0.05, 0) is 49.1 Å². The molecule has 2 aromatic heterocycles. The van der Waals surface area contributed by atoms with E-state index in [-0.39, 0.29) is 5.91 Å². The van der Waals surface area contributed by atoms with Crippen molar-refractivity contribution < 1.29 is 9.53 Å². The molecule has 0 radical (unpaired) electrons. The van der Waals surface area contributed by atoms with E-state index in [2.05, 4.69) is 9.88 Å². The molecule has 0 saturated heterocycles. The fourth-order valence-corrected chi connectivity index (χ4v) is 3.91. The van der Waals surface area contributed by atoms with Crippen molar-refractivity contribution in [2.75, 3.05) is 32.6 Å². The van der Waals surface area contributed by atoms with Crippen molar-refractivity contribution in [1.82, 2.24) is 14.9 Å². The van der Waals surface area contributed by atoms with Gasteiger partial charge in [-0.1, -0.05) is 0 Å². The molecule has 136 valence electrons. The van der Waals surface area contributed by atoms with Crippen LogP contribution in [0.1, 0.15) is 22.5 Å². The third-order valence-electron chi connectivity index (χ3n) is 4.52. The summed E-state index contributed by atoms with van der Waals surface area (Å²) < 4.78 is 7.33. The number of methoxy groups -OCH3 is 1. The van der Waals surface area contributed by atoms with Gasteiger partial charge in [0.2, 0.25) is 5.95 Å². The molecule has 1 aliphatic carbocycles. The highest BCUT2D eigenvalue weighted by molar-refractivity contribution is 7.20. The van der Waals surface area contributed by atoms with Crippen LogP contribution in [0, 0.1) is 5.92 Å². The first-order valence-electron chi connectivity index (χ1n) is 8.69. The Bertz CT molecular complexity index is 939. The standard InChI is InChI=1S/C19H22N4O2S/c1-22(2)19-21-15-10-16(17(24)20-11-12-4-5-12)26-18(15)23(19)13-6-8-14(25-3)9-7-13/h6-10,12H,4-5,11H2,1-3H3,(H,20,24). The molecule has 1 amide bonds. The van der Waals surface area contributed by atoms with Gasteiger partial charge in [0.1, 0.15) is 16.1 Å². The number of fused-ring (bicyclic) bond motifs is 1. The van der Waals surface area contributed by atoms with E-state index in [1.165, 1.54) is 24.2 Å². The molecule has 0 unspecified atom stereocenters. The van der Waals surface area contributed by atoms with Gasteiger partial charge in [-0.2, -0.15) is 0 Å². The van der Waals surface area contributed by atoms with Gasteiger partial charge in [-0.25, -0.2) is 4.98 Å². The molecular formula is C19H22N4O2S. The molecular weight excluding hydrogens is 348 g/mol. The van der Waals surface area contributed by atoms with Crippen molar-refractivity contribution in [2.45, 2.75) is 12.8 Å². The first-order chi connectivity index (χ1) is 12.6. The number of benzene rings is 1. The topological polar surface area (TPSA) is 59.4 Å². The number of carbonyl (C=O) groups excluding carboxylic acids is 1. The van der Waals surface area contributed by atoms with Crippen LogP contribution in [0.3, 0.4) is 0 Å². The summed E-state index contributed by atoms with van der Waals surface area (Å²) in [7, 11) is 5.59. The number of nitrogens with one attached hydrogen (secondary N) is 1. The minimum atomic E-state index is -0.00687. The molecule has 1 saturated carbocycles. The Labute approximate surface area is 156 Å². The lowest BCUT2D eigenvalue weighted by Gasteiger charge is -2.15. The number of ether oxygens (including phenoxy) is 1. The van der Waals surface area contributed by atoms with Crippen LogP contribution in [0.4, 0.5) is 5.95 Å². The van der Waals surface area contributed by atoms with Crippen LogP contribution in [0.5, 0.6) is 5.75 Å². The van der Waals surface area contributed by atoms with Crippen molar-refractivity contribution in [1.29, 1.82) is 0 Å².